The molecule has 8 heteroatoms. The number of piperidine rings is 1. The number of amides is 1. The summed E-state index contributed by atoms with van der Waals surface area (Å²) in [6, 6.07) is 8.23. The molecule has 1 amide bonds. The van der Waals surface area contributed by atoms with Crippen molar-refractivity contribution in [2.75, 3.05) is 13.7 Å². The van der Waals surface area contributed by atoms with Gasteiger partial charge in [0, 0.05) is 24.9 Å². The number of nitrogens with zero attached hydrogens (tertiary/aromatic N) is 3. The molecule has 3 aromatic rings. The summed E-state index contributed by atoms with van der Waals surface area (Å²) in [5.74, 6) is -0.439. The van der Waals surface area contributed by atoms with E-state index < -0.39 is 23.8 Å². The van der Waals surface area contributed by atoms with Crippen LogP contribution in [0.15, 0.2) is 48.9 Å². The number of imidazole rings is 1. The van der Waals surface area contributed by atoms with Gasteiger partial charge in [0.15, 0.2) is 6.10 Å². The Morgan fingerprint density at radius 3 is 2.56 bits per heavy atom. The Kier molecular flexibility index (Phi) is 6.12. The van der Waals surface area contributed by atoms with E-state index in [-0.39, 0.29) is 5.91 Å². The molecule has 1 fully saturated rings. The van der Waals surface area contributed by atoms with Crippen molar-refractivity contribution >= 4 is 5.91 Å². The molecule has 6 nitrogen and oxygen atoms in total. The number of aromatic nitrogens is 2. The summed E-state index contributed by atoms with van der Waals surface area (Å²) in [6.07, 6.45) is 4.19. The molecule has 0 N–H and O–H groups in total. The summed E-state index contributed by atoms with van der Waals surface area (Å²) >= 11 is 0. The van der Waals surface area contributed by atoms with Crippen molar-refractivity contribution in [3.8, 4) is 17.2 Å². The first kappa shape index (κ1) is 21.8. The van der Waals surface area contributed by atoms with Crippen LogP contribution in [0.25, 0.3) is 5.69 Å². The fourth-order valence-corrected chi connectivity index (χ4v) is 4.02. The van der Waals surface area contributed by atoms with Crippen molar-refractivity contribution < 1.29 is 23.0 Å². The molecular formula is C24H25F2N3O3. The highest BCUT2D eigenvalue weighted by Gasteiger charge is 2.34. The molecule has 0 aliphatic carbocycles. The number of rotatable bonds is 6. The second-order valence-corrected chi connectivity index (χ2v) is 7.92. The second-order valence-electron chi connectivity index (χ2n) is 7.92. The highest BCUT2D eigenvalue weighted by molar-refractivity contribution is 5.82. The maximum absolute atomic E-state index is 13.7. The molecule has 0 spiro atoms. The van der Waals surface area contributed by atoms with Gasteiger partial charge in [-0.15, -0.1) is 0 Å². The number of ether oxygens (including phenoxy) is 2. The predicted molar refractivity (Wildman–Crippen MR) is 115 cm³/mol. The average molecular weight is 441 g/mol. The Morgan fingerprint density at radius 1 is 1.16 bits per heavy atom. The van der Waals surface area contributed by atoms with Crippen LogP contribution in [0.2, 0.25) is 0 Å². The second kappa shape index (κ2) is 8.98. The van der Waals surface area contributed by atoms with E-state index in [9.17, 15) is 13.6 Å². The summed E-state index contributed by atoms with van der Waals surface area (Å²) in [5, 5.41) is 0. The lowest BCUT2D eigenvalue weighted by Gasteiger charge is -2.36. The van der Waals surface area contributed by atoms with E-state index in [0.29, 0.717) is 30.0 Å². The van der Waals surface area contributed by atoms with E-state index in [1.54, 1.807) is 37.4 Å². The van der Waals surface area contributed by atoms with Gasteiger partial charge in [0.25, 0.3) is 5.91 Å². The quantitative estimate of drug-likeness (QED) is 0.561. The fourth-order valence-electron chi connectivity index (χ4n) is 4.02. The van der Waals surface area contributed by atoms with E-state index in [1.165, 1.54) is 12.1 Å². The molecule has 168 valence electrons. The van der Waals surface area contributed by atoms with Gasteiger partial charge in [0.05, 0.1) is 30.9 Å². The number of halogens is 2. The minimum absolute atomic E-state index is 0.207. The van der Waals surface area contributed by atoms with E-state index in [2.05, 4.69) is 4.98 Å². The molecule has 1 saturated heterocycles. The molecule has 32 heavy (non-hydrogen) atoms. The van der Waals surface area contributed by atoms with Gasteiger partial charge in [-0.1, -0.05) is 0 Å². The molecule has 1 aliphatic heterocycles. The van der Waals surface area contributed by atoms with Gasteiger partial charge >= 0.3 is 0 Å². The Bertz CT molecular complexity index is 1110. The van der Waals surface area contributed by atoms with Crippen LogP contribution >= 0.6 is 0 Å². The van der Waals surface area contributed by atoms with Gasteiger partial charge < -0.3 is 18.9 Å². The first-order chi connectivity index (χ1) is 15.4. The van der Waals surface area contributed by atoms with Gasteiger partial charge in [-0.3, -0.25) is 4.79 Å². The van der Waals surface area contributed by atoms with Crippen molar-refractivity contribution in [3.05, 3.63) is 71.8 Å². The van der Waals surface area contributed by atoms with Crippen LogP contribution in [0.1, 0.15) is 37.1 Å². The maximum atomic E-state index is 13.7. The monoisotopic (exact) mass is 441 g/mol. The number of methoxy groups -OCH3 is 1. The SMILES string of the molecule is COc1cc(OC2CCCN(C(C)c3cc(F)cc(F)c3)C2=O)ccc1-n1cnc(C)c1. The van der Waals surface area contributed by atoms with Crippen molar-refractivity contribution in [2.45, 2.75) is 38.8 Å². The largest absolute Gasteiger partial charge is 0.494 e. The molecule has 1 aliphatic rings. The molecule has 1 aromatic heterocycles. The van der Waals surface area contributed by atoms with Crippen LogP contribution < -0.4 is 9.47 Å². The molecule has 0 saturated carbocycles. The molecule has 4 rings (SSSR count). The minimum atomic E-state index is -0.685. The number of likely N-dealkylation sites (tertiary alicyclic amines) is 1. The maximum Gasteiger partial charge on any atom is 0.264 e. The van der Waals surface area contributed by atoms with Gasteiger partial charge in [-0.2, -0.15) is 0 Å². The number of carbonyl (C=O) groups excluding carboxylic acids is 1. The summed E-state index contributed by atoms with van der Waals surface area (Å²) in [6.45, 7) is 4.17. The van der Waals surface area contributed by atoms with Crippen LogP contribution in [0.3, 0.4) is 0 Å². The third-order valence-corrected chi connectivity index (χ3v) is 5.68. The average Bonchev–Trinajstić information content (AvgIpc) is 3.20. The molecular weight excluding hydrogens is 416 g/mol. The molecule has 0 radical (unpaired) electrons. The zero-order valence-electron chi connectivity index (χ0n) is 18.2. The minimum Gasteiger partial charge on any atom is -0.494 e. The van der Waals surface area contributed by atoms with Crippen LogP contribution in [0.5, 0.6) is 11.5 Å². The number of hydrogen-bond donors (Lipinski definition) is 0. The van der Waals surface area contributed by atoms with Crippen LogP contribution in [-0.4, -0.2) is 40.1 Å². The summed E-state index contributed by atoms with van der Waals surface area (Å²) < 4.78 is 40.7. The van der Waals surface area contributed by atoms with Crippen LogP contribution in [0, 0.1) is 18.6 Å². The Labute approximate surface area is 185 Å². The predicted octanol–water partition coefficient (Wildman–Crippen LogP) is 4.60. The summed E-state index contributed by atoms with van der Waals surface area (Å²) in [5.41, 5.74) is 2.10. The molecule has 2 heterocycles. The lowest BCUT2D eigenvalue weighted by atomic mass is 10.0. The van der Waals surface area contributed by atoms with Crippen LogP contribution in [0.4, 0.5) is 8.78 Å². The zero-order valence-corrected chi connectivity index (χ0v) is 18.2. The number of aryl methyl sites for hydroxylation is 1. The zero-order chi connectivity index (χ0) is 22.8. The molecule has 2 atom stereocenters. The normalized spacial score (nSPS) is 17.3. The number of hydrogen-bond acceptors (Lipinski definition) is 4. The molecule has 2 aromatic carbocycles. The summed E-state index contributed by atoms with van der Waals surface area (Å²) in [4.78, 5) is 19.0. The van der Waals surface area contributed by atoms with E-state index in [1.807, 2.05) is 23.8 Å². The molecule has 2 unspecified atom stereocenters. The third kappa shape index (κ3) is 4.44. The highest BCUT2D eigenvalue weighted by Crippen LogP contribution is 2.31. The van der Waals surface area contributed by atoms with E-state index >= 15 is 0 Å². The number of carbonyl (C=O) groups is 1. The topological polar surface area (TPSA) is 56.6 Å². The van der Waals surface area contributed by atoms with Crippen molar-refractivity contribution in [1.82, 2.24) is 14.5 Å². The van der Waals surface area contributed by atoms with Crippen LogP contribution in [-0.2, 0) is 4.79 Å². The van der Waals surface area contributed by atoms with E-state index in [0.717, 1.165) is 23.9 Å². The van der Waals surface area contributed by atoms with Gasteiger partial charge in [-0.05, 0) is 56.5 Å². The first-order valence-corrected chi connectivity index (χ1v) is 10.5. The Hall–Kier alpha value is -3.42. The smallest absolute Gasteiger partial charge is 0.264 e. The van der Waals surface area contributed by atoms with Crippen molar-refractivity contribution in [2.24, 2.45) is 0 Å². The van der Waals surface area contributed by atoms with Crippen molar-refractivity contribution in [3.63, 3.8) is 0 Å². The van der Waals surface area contributed by atoms with Crippen molar-refractivity contribution in [1.29, 1.82) is 0 Å². The van der Waals surface area contributed by atoms with Gasteiger partial charge in [0.1, 0.15) is 23.1 Å². The summed E-state index contributed by atoms with van der Waals surface area (Å²) in [7, 11) is 1.57. The highest BCUT2D eigenvalue weighted by atomic mass is 19.1. The Balaban J connectivity index is 1.52. The lowest BCUT2D eigenvalue weighted by molar-refractivity contribution is -0.144. The van der Waals surface area contributed by atoms with Gasteiger partial charge in [0.2, 0.25) is 0 Å². The first-order valence-electron chi connectivity index (χ1n) is 10.5. The Morgan fingerprint density at radius 2 is 1.91 bits per heavy atom. The third-order valence-electron chi connectivity index (χ3n) is 5.68. The van der Waals surface area contributed by atoms with E-state index in [4.69, 9.17) is 9.47 Å². The van der Waals surface area contributed by atoms with Gasteiger partial charge in [-0.25, -0.2) is 13.8 Å². The number of benzene rings is 2. The lowest BCUT2D eigenvalue weighted by Crippen LogP contribution is -2.47. The standard InChI is InChI=1S/C24H25F2N3O3/c1-15-13-28(14-27-15)21-7-6-20(12-23(21)31-3)32-22-5-4-8-29(24(22)30)16(2)17-9-18(25)11-19(26)10-17/h6-7,9-14,16,22H,4-5,8H2,1-3H3. The fraction of sp³-hybridized carbons (Fsp3) is 0.333. The molecule has 0 bridgehead atoms.